The van der Waals surface area contributed by atoms with Gasteiger partial charge in [-0.25, -0.2) is 0 Å². The van der Waals surface area contributed by atoms with Gasteiger partial charge in [0.2, 0.25) is 0 Å². The third-order valence-corrected chi connectivity index (χ3v) is 2.19. The number of phenolic OH excluding ortho intramolecular Hbond substituents is 1. The summed E-state index contributed by atoms with van der Waals surface area (Å²) in [5.74, 6) is -0.492. The van der Waals surface area contributed by atoms with Gasteiger partial charge in [-0.05, 0) is 13.0 Å². The lowest BCUT2D eigenvalue weighted by Crippen LogP contribution is -1.96. The number of nitro groups is 1. The lowest BCUT2D eigenvalue weighted by Gasteiger charge is -2.07. The Bertz CT molecular complexity index is 378. The molecule has 0 bridgehead atoms. The molecule has 0 spiro atoms. The van der Waals surface area contributed by atoms with Crippen LogP contribution in [0.4, 0.5) is 5.69 Å². The second-order valence-corrected chi connectivity index (χ2v) is 3.71. The van der Waals surface area contributed by atoms with Crippen LogP contribution in [0.15, 0.2) is 16.6 Å². The molecule has 0 aliphatic heterocycles. The third kappa shape index (κ3) is 2.02. The summed E-state index contributed by atoms with van der Waals surface area (Å²) in [6, 6.07) is 2.62. The summed E-state index contributed by atoms with van der Waals surface area (Å²) >= 11 is 3.06. The summed E-state index contributed by atoms with van der Waals surface area (Å²) in [5, 5.41) is 29.2. The molecule has 0 radical (unpaired) electrons. The molecule has 0 fully saturated rings. The minimum Gasteiger partial charge on any atom is -0.502 e. The molecule has 1 atom stereocenters. The van der Waals surface area contributed by atoms with Gasteiger partial charge in [0.15, 0.2) is 5.75 Å². The van der Waals surface area contributed by atoms with E-state index >= 15 is 0 Å². The zero-order valence-electron chi connectivity index (χ0n) is 7.27. The van der Waals surface area contributed by atoms with Crippen molar-refractivity contribution in [2.45, 2.75) is 13.0 Å². The fraction of sp³-hybridized carbons (Fsp3) is 0.250. The molecule has 2 N–H and O–H groups in total. The van der Waals surface area contributed by atoms with Gasteiger partial charge in [-0.1, -0.05) is 15.9 Å². The van der Waals surface area contributed by atoms with Crippen molar-refractivity contribution in [3.05, 3.63) is 32.3 Å². The Hall–Kier alpha value is -1.14. The highest BCUT2D eigenvalue weighted by atomic mass is 79.9. The van der Waals surface area contributed by atoms with E-state index in [-0.39, 0.29) is 5.56 Å². The van der Waals surface area contributed by atoms with Crippen molar-refractivity contribution in [2.24, 2.45) is 0 Å². The van der Waals surface area contributed by atoms with Crippen LogP contribution in [0.3, 0.4) is 0 Å². The first-order chi connectivity index (χ1) is 6.43. The van der Waals surface area contributed by atoms with Gasteiger partial charge < -0.3 is 10.2 Å². The highest BCUT2D eigenvalue weighted by molar-refractivity contribution is 9.10. The molecule has 1 aromatic rings. The zero-order valence-corrected chi connectivity index (χ0v) is 8.85. The van der Waals surface area contributed by atoms with Gasteiger partial charge in [-0.15, -0.1) is 0 Å². The topological polar surface area (TPSA) is 83.6 Å². The number of hydrogen-bond acceptors (Lipinski definition) is 4. The van der Waals surface area contributed by atoms with Gasteiger partial charge >= 0.3 is 5.69 Å². The van der Waals surface area contributed by atoms with Gasteiger partial charge in [0.25, 0.3) is 0 Å². The third-order valence-electron chi connectivity index (χ3n) is 1.73. The normalized spacial score (nSPS) is 12.5. The van der Waals surface area contributed by atoms with Crippen molar-refractivity contribution in [1.82, 2.24) is 0 Å². The number of benzene rings is 1. The van der Waals surface area contributed by atoms with Crippen LogP contribution in [0.25, 0.3) is 0 Å². The minimum absolute atomic E-state index is 0.131. The molecule has 0 aliphatic carbocycles. The van der Waals surface area contributed by atoms with Crippen molar-refractivity contribution in [3.8, 4) is 5.75 Å². The molecule has 6 heteroatoms. The highest BCUT2D eigenvalue weighted by Gasteiger charge is 2.20. The number of halogens is 1. The van der Waals surface area contributed by atoms with Crippen LogP contribution >= 0.6 is 15.9 Å². The van der Waals surface area contributed by atoms with Crippen LogP contribution in [0, 0.1) is 10.1 Å². The lowest BCUT2D eigenvalue weighted by atomic mass is 10.1. The Morgan fingerprint density at radius 1 is 1.57 bits per heavy atom. The molecule has 0 aliphatic rings. The van der Waals surface area contributed by atoms with Crippen molar-refractivity contribution in [3.63, 3.8) is 0 Å². The predicted octanol–water partition coefficient (Wildman–Crippen LogP) is 2.12. The van der Waals surface area contributed by atoms with Gasteiger partial charge in [0.1, 0.15) is 0 Å². The molecule has 0 saturated carbocycles. The smallest absolute Gasteiger partial charge is 0.312 e. The second-order valence-electron chi connectivity index (χ2n) is 2.80. The molecule has 0 heterocycles. The number of rotatable bonds is 2. The number of nitrogens with zero attached hydrogens (tertiary/aromatic N) is 1. The molecule has 0 unspecified atom stereocenters. The van der Waals surface area contributed by atoms with Gasteiger partial charge in [-0.2, -0.15) is 0 Å². The predicted molar refractivity (Wildman–Crippen MR) is 53.1 cm³/mol. The molecular weight excluding hydrogens is 254 g/mol. The summed E-state index contributed by atoms with van der Waals surface area (Å²) in [6.45, 7) is 1.42. The van der Waals surface area contributed by atoms with E-state index in [9.17, 15) is 20.3 Å². The van der Waals surface area contributed by atoms with E-state index in [1.54, 1.807) is 0 Å². The molecule has 76 valence electrons. The highest BCUT2D eigenvalue weighted by Crippen LogP contribution is 2.36. The van der Waals surface area contributed by atoms with E-state index < -0.39 is 22.5 Å². The quantitative estimate of drug-likeness (QED) is 0.631. The van der Waals surface area contributed by atoms with Crippen LogP contribution in [0.1, 0.15) is 18.6 Å². The van der Waals surface area contributed by atoms with Gasteiger partial charge in [0.05, 0.1) is 11.0 Å². The Balaban J connectivity index is 3.40. The van der Waals surface area contributed by atoms with E-state index in [0.717, 1.165) is 0 Å². The fourth-order valence-corrected chi connectivity index (χ4v) is 1.53. The standard InChI is InChI=1S/C8H8BrNO4/c1-4(11)6-2-5(9)3-7(8(6)12)10(13)14/h2-4,11-12H,1H3/t4-/m0/s1. The SMILES string of the molecule is C[C@H](O)c1cc(Br)cc([N+](=O)[O-])c1O. The van der Waals surface area contributed by atoms with Gasteiger partial charge in [0, 0.05) is 16.1 Å². The van der Waals surface area contributed by atoms with Crippen LogP contribution in [-0.4, -0.2) is 15.1 Å². The number of nitro benzene ring substituents is 1. The van der Waals surface area contributed by atoms with Crippen molar-refractivity contribution in [2.75, 3.05) is 0 Å². The minimum atomic E-state index is -0.953. The van der Waals surface area contributed by atoms with Crippen molar-refractivity contribution < 1.29 is 15.1 Å². The molecule has 0 amide bonds. The molecule has 1 rings (SSSR count). The maximum atomic E-state index is 10.5. The van der Waals surface area contributed by atoms with E-state index in [0.29, 0.717) is 4.47 Å². The summed E-state index contributed by atoms with van der Waals surface area (Å²) in [6.07, 6.45) is -0.953. The maximum absolute atomic E-state index is 10.5. The molecule has 0 saturated heterocycles. The fourth-order valence-electron chi connectivity index (χ4n) is 1.06. The number of hydrogen-bond donors (Lipinski definition) is 2. The van der Waals surface area contributed by atoms with E-state index in [4.69, 9.17) is 0 Å². The number of aliphatic hydroxyl groups is 1. The molecule has 1 aromatic carbocycles. The number of phenols is 1. The maximum Gasteiger partial charge on any atom is 0.312 e. The van der Waals surface area contributed by atoms with E-state index in [1.165, 1.54) is 19.1 Å². The monoisotopic (exact) mass is 261 g/mol. The summed E-state index contributed by atoms with van der Waals surface area (Å²) in [4.78, 5) is 9.79. The molecule has 14 heavy (non-hydrogen) atoms. The van der Waals surface area contributed by atoms with E-state index in [1.807, 2.05) is 0 Å². The Labute approximate surface area is 88.3 Å². The second kappa shape index (κ2) is 3.93. The summed E-state index contributed by atoms with van der Waals surface area (Å²) in [5.41, 5.74) is -0.290. The average Bonchev–Trinajstić information content (AvgIpc) is 2.07. The summed E-state index contributed by atoms with van der Waals surface area (Å²) < 4.78 is 0.443. The largest absolute Gasteiger partial charge is 0.502 e. The van der Waals surface area contributed by atoms with Crippen molar-refractivity contribution in [1.29, 1.82) is 0 Å². The van der Waals surface area contributed by atoms with Crippen LogP contribution in [0.5, 0.6) is 5.75 Å². The number of aromatic hydroxyl groups is 1. The van der Waals surface area contributed by atoms with Crippen molar-refractivity contribution >= 4 is 21.6 Å². The van der Waals surface area contributed by atoms with Crippen LogP contribution in [0.2, 0.25) is 0 Å². The number of aliphatic hydroxyl groups excluding tert-OH is 1. The first kappa shape index (κ1) is 10.9. The Morgan fingerprint density at radius 3 is 2.57 bits per heavy atom. The van der Waals surface area contributed by atoms with Crippen LogP contribution < -0.4 is 0 Å². The average molecular weight is 262 g/mol. The van der Waals surface area contributed by atoms with E-state index in [2.05, 4.69) is 15.9 Å². The first-order valence-corrected chi connectivity index (χ1v) is 4.57. The van der Waals surface area contributed by atoms with Gasteiger partial charge in [-0.3, -0.25) is 10.1 Å². The summed E-state index contributed by atoms with van der Waals surface area (Å²) in [7, 11) is 0. The molecule has 0 aromatic heterocycles. The first-order valence-electron chi connectivity index (χ1n) is 3.78. The lowest BCUT2D eigenvalue weighted by molar-refractivity contribution is -0.386. The Morgan fingerprint density at radius 2 is 2.14 bits per heavy atom. The zero-order chi connectivity index (χ0) is 10.9. The Kier molecular flexibility index (Phi) is 3.07. The van der Waals surface area contributed by atoms with Crippen LogP contribution in [-0.2, 0) is 0 Å². The molecular formula is C8H8BrNO4. The molecule has 5 nitrogen and oxygen atoms in total.